The van der Waals surface area contributed by atoms with Crippen LogP contribution < -0.4 is 15.0 Å². The van der Waals surface area contributed by atoms with Gasteiger partial charge in [-0.15, -0.1) is 5.10 Å². The van der Waals surface area contributed by atoms with Gasteiger partial charge < -0.3 is 19.7 Å². The molecule has 4 rings (SSSR count). The molecule has 1 atom stereocenters. The normalized spacial score (nSPS) is 14.8. The summed E-state index contributed by atoms with van der Waals surface area (Å²) in [5, 5.41) is 10.7. The number of carbonyl (C=O) groups is 1. The van der Waals surface area contributed by atoms with Crippen LogP contribution in [0.5, 0.6) is 5.75 Å². The van der Waals surface area contributed by atoms with Gasteiger partial charge in [-0.3, -0.25) is 9.89 Å². The maximum absolute atomic E-state index is 12.7. The minimum absolute atomic E-state index is 0.124. The Balaban J connectivity index is 1.36. The molecule has 1 amide bonds. The molecule has 2 N–H and O–H groups in total. The first-order chi connectivity index (χ1) is 15.5. The van der Waals surface area contributed by atoms with Crippen LogP contribution >= 0.6 is 23.4 Å². The summed E-state index contributed by atoms with van der Waals surface area (Å²) in [4.78, 5) is 19.4. The maximum atomic E-state index is 12.7. The number of thioether (sulfide) groups is 1. The predicted octanol–water partition coefficient (Wildman–Crippen LogP) is 4.09. The van der Waals surface area contributed by atoms with E-state index in [1.165, 1.54) is 11.8 Å². The summed E-state index contributed by atoms with van der Waals surface area (Å²) in [6.07, 6.45) is 0. The number of methoxy groups -OCH3 is 1. The van der Waals surface area contributed by atoms with Crippen LogP contribution in [0, 0.1) is 0 Å². The fraction of sp³-hybridized carbons (Fsp3) is 0.318. The van der Waals surface area contributed by atoms with Crippen molar-refractivity contribution in [1.82, 2.24) is 15.2 Å². The molecule has 1 aromatic heterocycles. The third-order valence-corrected chi connectivity index (χ3v) is 6.24. The average molecular weight is 474 g/mol. The fourth-order valence-corrected chi connectivity index (χ4v) is 4.21. The molecule has 32 heavy (non-hydrogen) atoms. The number of amides is 1. The van der Waals surface area contributed by atoms with Crippen LogP contribution in [0.1, 0.15) is 6.92 Å². The van der Waals surface area contributed by atoms with E-state index in [-0.39, 0.29) is 11.2 Å². The highest BCUT2D eigenvalue weighted by molar-refractivity contribution is 8.00. The Hall–Kier alpha value is -2.75. The van der Waals surface area contributed by atoms with Gasteiger partial charge in [0.2, 0.25) is 11.1 Å². The molecule has 1 saturated heterocycles. The number of hydrogen-bond acceptors (Lipinski definition) is 7. The highest BCUT2D eigenvalue weighted by atomic mass is 35.5. The molecule has 0 aliphatic carbocycles. The lowest BCUT2D eigenvalue weighted by molar-refractivity contribution is -0.115. The summed E-state index contributed by atoms with van der Waals surface area (Å²) >= 11 is 7.37. The zero-order chi connectivity index (χ0) is 22.5. The Morgan fingerprint density at radius 3 is 2.72 bits per heavy atom. The van der Waals surface area contributed by atoms with Crippen molar-refractivity contribution in [3.8, 4) is 17.1 Å². The minimum atomic E-state index is -0.390. The number of halogens is 1. The second kappa shape index (κ2) is 10.2. The van der Waals surface area contributed by atoms with E-state index < -0.39 is 0 Å². The van der Waals surface area contributed by atoms with Gasteiger partial charge in [-0.25, -0.2) is 4.98 Å². The number of aromatic amines is 1. The molecule has 0 unspecified atom stereocenters. The van der Waals surface area contributed by atoms with Crippen molar-refractivity contribution in [2.24, 2.45) is 0 Å². The molecule has 0 saturated carbocycles. The first kappa shape index (κ1) is 22.4. The van der Waals surface area contributed by atoms with Crippen molar-refractivity contribution in [3.63, 3.8) is 0 Å². The van der Waals surface area contributed by atoms with E-state index >= 15 is 0 Å². The summed E-state index contributed by atoms with van der Waals surface area (Å²) in [7, 11) is 1.58. The molecular formula is C22H24ClN5O3S. The molecular weight excluding hydrogens is 450 g/mol. The van der Waals surface area contributed by atoms with Gasteiger partial charge in [0.25, 0.3) is 0 Å². The van der Waals surface area contributed by atoms with Gasteiger partial charge in [0, 0.05) is 29.5 Å². The molecule has 0 bridgehead atoms. The number of hydrogen-bond donors (Lipinski definition) is 2. The van der Waals surface area contributed by atoms with E-state index in [1.54, 1.807) is 25.3 Å². The van der Waals surface area contributed by atoms with Crippen LogP contribution in [-0.2, 0) is 9.53 Å². The smallest absolute Gasteiger partial charge is 0.237 e. The van der Waals surface area contributed by atoms with Crippen molar-refractivity contribution in [2.45, 2.75) is 17.3 Å². The molecule has 2 heterocycles. The second-order valence-electron chi connectivity index (χ2n) is 7.21. The number of anilines is 2. The number of H-pyrrole nitrogens is 1. The van der Waals surface area contributed by atoms with Crippen LogP contribution in [0.25, 0.3) is 11.4 Å². The van der Waals surface area contributed by atoms with Crippen molar-refractivity contribution in [2.75, 3.05) is 43.6 Å². The van der Waals surface area contributed by atoms with E-state index in [1.807, 2.05) is 31.2 Å². The molecule has 1 aliphatic rings. The molecule has 2 aromatic carbocycles. The zero-order valence-electron chi connectivity index (χ0n) is 17.8. The van der Waals surface area contributed by atoms with E-state index in [4.69, 9.17) is 21.1 Å². The molecule has 8 nitrogen and oxygen atoms in total. The minimum Gasteiger partial charge on any atom is -0.496 e. The average Bonchev–Trinajstić information content (AvgIpc) is 3.28. The van der Waals surface area contributed by atoms with E-state index in [0.717, 1.165) is 37.7 Å². The predicted molar refractivity (Wildman–Crippen MR) is 127 cm³/mol. The zero-order valence-corrected chi connectivity index (χ0v) is 19.4. The van der Waals surface area contributed by atoms with Gasteiger partial charge in [0.05, 0.1) is 31.1 Å². The molecule has 3 aromatic rings. The van der Waals surface area contributed by atoms with Crippen LogP contribution in [0.3, 0.4) is 0 Å². The Morgan fingerprint density at radius 2 is 2.00 bits per heavy atom. The molecule has 1 fully saturated rings. The number of ether oxygens (including phenoxy) is 2. The molecule has 168 valence electrons. The van der Waals surface area contributed by atoms with Crippen LogP contribution in [0.15, 0.2) is 47.6 Å². The standard InChI is InChI=1S/C22H24ClN5O3S/c1-14(21(29)24-16-4-6-17(7-5-16)28-9-11-31-12-10-28)32-22-25-20(26-27-22)18-13-15(23)3-8-19(18)30-2/h3-8,13-14H,9-12H2,1-2H3,(H,24,29)(H,25,26,27)/t14-/m1/s1. The lowest BCUT2D eigenvalue weighted by Crippen LogP contribution is -2.36. The van der Waals surface area contributed by atoms with Crippen LogP contribution in [0.2, 0.25) is 5.02 Å². The van der Waals surface area contributed by atoms with Crippen molar-refractivity contribution in [3.05, 3.63) is 47.5 Å². The topological polar surface area (TPSA) is 92.4 Å². The number of nitrogens with one attached hydrogen (secondary N) is 2. The van der Waals surface area contributed by atoms with Gasteiger partial charge in [-0.1, -0.05) is 23.4 Å². The maximum Gasteiger partial charge on any atom is 0.237 e. The fourth-order valence-electron chi connectivity index (χ4n) is 3.32. The summed E-state index contributed by atoms with van der Waals surface area (Å²) in [6, 6.07) is 13.1. The highest BCUT2D eigenvalue weighted by Crippen LogP contribution is 2.32. The van der Waals surface area contributed by atoms with Gasteiger partial charge in [-0.2, -0.15) is 0 Å². The lowest BCUT2D eigenvalue weighted by atomic mass is 10.2. The number of morpholine rings is 1. The summed E-state index contributed by atoms with van der Waals surface area (Å²) in [5.41, 5.74) is 2.58. The van der Waals surface area contributed by atoms with Crippen molar-refractivity contribution in [1.29, 1.82) is 0 Å². The van der Waals surface area contributed by atoms with Gasteiger partial charge in [0.15, 0.2) is 5.82 Å². The monoisotopic (exact) mass is 473 g/mol. The van der Waals surface area contributed by atoms with Crippen LogP contribution in [0.4, 0.5) is 11.4 Å². The number of aromatic nitrogens is 3. The first-order valence-electron chi connectivity index (χ1n) is 10.2. The third kappa shape index (κ3) is 5.35. The third-order valence-electron chi connectivity index (χ3n) is 5.04. The van der Waals surface area contributed by atoms with Crippen molar-refractivity contribution < 1.29 is 14.3 Å². The number of nitrogens with zero attached hydrogens (tertiary/aromatic N) is 3. The van der Waals surface area contributed by atoms with E-state index in [9.17, 15) is 4.79 Å². The number of carbonyl (C=O) groups excluding carboxylic acids is 1. The molecule has 1 aliphatic heterocycles. The molecule has 0 spiro atoms. The van der Waals surface area contributed by atoms with E-state index in [2.05, 4.69) is 25.4 Å². The van der Waals surface area contributed by atoms with Crippen LogP contribution in [-0.4, -0.2) is 59.8 Å². The Bertz CT molecular complexity index is 1070. The summed E-state index contributed by atoms with van der Waals surface area (Å²) < 4.78 is 10.8. The Morgan fingerprint density at radius 1 is 1.25 bits per heavy atom. The highest BCUT2D eigenvalue weighted by Gasteiger charge is 2.19. The Labute approximate surface area is 195 Å². The second-order valence-corrected chi connectivity index (χ2v) is 8.95. The molecule has 0 radical (unpaired) electrons. The number of rotatable bonds is 7. The molecule has 10 heteroatoms. The Kier molecular flexibility index (Phi) is 7.19. The summed E-state index contributed by atoms with van der Waals surface area (Å²) in [5.74, 6) is 1.03. The van der Waals surface area contributed by atoms with Gasteiger partial charge in [0.1, 0.15) is 5.75 Å². The van der Waals surface area contributed by atoms with Gasteiger partial charge in [-0.05, 0) is 49.4 Å². The van der Waals surface area contributed by atoms with Crippen molar-refractivity contribution >= 4 is 40.6 Å². The van der Waals surface area contributed by atoms with Gasteiger partial charge >= 0.3 is 0 Å². The lowest BCUT2D eigenvalue weighted by Gasteiger charge is -2.28. The SMILES string of the molecule is COc1ccc(Cl)cc1-c1nc(S[C@H](C)C(=O)Nc2ccc(N3CCOCC3)cc2)n[nH]1. The summed E-state index contributed by atoms with van der Waals surface area (Å²) in [6.45, 7) is 5.04. The number of benzene rings is 2. The van der Waals surface area contributed by atoms with E-state index in [0.29, 0.717) is 27.3 Å². The quantitative estimate of drug-likeness (QED) is 0.499. The largest absolute Gasteiger partial charge is 0.496 e. The first-order valence-corrected chi connectivity index (χ1v) is 11.5.